The van der Waals surface area contributed by atoms with Crippen LogP contribution < -0.4 is 10.6 Å². The van der Waals surface area contributed by atoms with Crippen molar-refractivity contribution in [2.45, 2.75) is 72.3 Å². The third-order valence-electron chi connectivity index (χ3n) is 4.53. The summed E-state index contributed by atoms with van der Waals surface area (Å²) in [5.74, 6) is -0.631. The van der Waals surface area contributed by atoms with Gasteiger partial charge in [-0.2, -0.15) is 0 Å². The standard InChI is InChI=1S/C22H35N3O3/c1-5-6-7-8-9-10-22(28)25(17(2)3)16-21(27)23-15-20(26)24-19-13-11-18(4)12-14-19/h11-14,17H,5-10,15-16H2,1-4H3,(H,23,27)(H,24,26). The molecule has 1 rings (SSSR count). The monoisotopic (exact) mass is 389 g/mol. The molecule has 6 heteroatoms. The molecule has 28 heavy (non-hydrogen) atoms. The average molecular weight is 390 g/mol. The summed E-state index contributed by atoms with van der Waals surface area (Å²) >= 11 is 0. The van der Waals surface area contributed by atoms with Gasteiger partial charge in [0.15, 0.2) is 0 Å². The van der Waals surface area contributed by atoms with E-state index >= 15 is 0 Å². The topological polar surface area (TPSA) is 78.5 Å². The average Bonchev–Trinajstić information content (AvgIpc) is 2.65. The molecule has 0 aliphatic carbocycles. The summed E-state index contributed by atoms with van der Waals surface area (Å²) in [6.07, 6.45) is 5.85. The predicted molar refractivity (Wildman–Crippen MR) is 113 cm³/mol. The van der Waals surface area contributed by atoms with Gasteiger partial charge in [0.05, 0.1) is 13.1 Å². The van der Waals surface area contributed by atoms with Gasteiger partial charge in [0.2, 0.25) is 17.7 Å². The molecule has 1 aromatic carbocycles. The van der Waals surface area contributed by atoms with Crippen LogP contribution in [0.25, 0.3) is 0 Å². The van der Waals surface area contributed by atoms with E-state index in [4.69, 9.17) is 0 Å². The van der Waals surface area contributed by atoms with Crippen LogP contribution in [0.5, 0.6) is 0 Å². The van der Waals surface area contributed by atoms with E-state index in [2.05, 4.69) is 17.6 Å². The number of rotatable bonds is 12. The second kappa shape index (κ2) is 12.9. The van der Waals surface area contributed by atoms with Gasteiger partial charge in [-0.3, -0.25) is 14.4 Å². The smallest absolute Gasteiger partial charge is 0.243 e. The van der Waals surface area contributed by atoms with Crippen molar-refractivity contribution in [3.63, 3.8) is 0 Å². The first-order chi connectivity index (χ1) is 13.3. The van der Waals surface area contributed by atoms with Gasteiger partial charge < -0.3 is 15.5 Å². The molecule has 0 heterocycles. The molecular formula is C22H35N3O3. The van der Waals surface area contributed by atoms with Gasteiger partial charge in [0.25, 0.3) is 0 Å². The Balaban J connectivity index is 2.38. The zero-order valence-corrected chi connectivity index (χ0v) is 17.7. The molecule has 2 N–H and O–H groups in total. The van der Waals surface area contributed by atoms with Crippen LogP contribution in [0.4, 0.5) is 5.69 Å². The van der Waals surface area contributed by atoms with Crippen molar-refractivity contribution in [3.8, 4) is 0 Å². The number of unbranched alkanes of at least 4 members (excludes halogenated alkanes) is 4. The van der Waals surface area contributed by atoms with E-state index in [-0.39, 0.29) is 36.9 Å². The van der Waals surface area contributed by atoms with Crippen molar-refractivity contribution in [1.82, 2.24) is 10.2 Å². The number of nitrogens with one attached hydrogen (secondary N) is 2. The Kier molecular flexibility index (Phi) is 10.9. The highest BCUT2D eigenvalue weighted by molar-refractivity contribution is 5.95. The van der Waals surface area contributed by atoms with Crippen LogP contribution in [0, 0.1) is 6.92 Å². The summed E-state index contributed by atoms with van der Waals surface area (Å²) < 4.78 is 0. The molecule has 1 aromatic rings. The molecule has 0 fully saturated rings. The summed E-state index contributed by atoms with van der Waals surface area (Å²) in [4.78, 5) is 38.2. The van der Waals surface area contributed by atoms with E-state index in [1.54, 1.807) is 4.90 Å². The van der Waals surface area contributed by atoms with Gasteiger partial charge in [-0.05, 0) is 39.3 Å². The Hall–Kier alpha value is -2.37. The minimum absolute atomic E-state index is 0.00856. The molecular weight excluding hydrogens is 354 g/mol. The zero-order chi connectivity index (χ0) is 20.9. The third-order valence-corrected chi connectivity index (χ3v) is 4.53. The first kappa shape index (κ1) is 23.7. The Morgan fingerprint density at radius 2 is 1.61 bits per heavy atom. The molecule has 0 saturated carbocycles. The summed E-state index contributed by atoms with van der Waals surface area (Å²) in [5.41, 5.74) is 1.79. The van der Waals surface area contributed by atoms with Gasteiger partial charge in [-0.1, -0.05) is 50.3 Å². The molecule has 156 valence electrons. The molecule has 0 aliphatic heterocycles. The van der Waals surface area contributed by atoms with Crippen LogP contribution in [-0.2, 0) is 14.4 Å². The lowest BCUT2D eigenvalue weighted by atomic mass is 10.1. The zero-order valence-electron chi connectivity index (χ0n) is 17.7. The largest absolute Gasteiger partial charge is 0.345 e. The van der Waals surface area contributed by atoms with Crippen molar-refractivity contribution < 1.29 is 14.4 Å². The van der Waals surface area contributed by atoms with Gasteiger partial charge >= 0.3 is 0 Å². The minimum Gasteiger partial charge on any atom is -0.345 e. The normalized spacial score (nSPS) is 10.6. The van der Waals surface area contributed by atoms with Gasteiger partial charge in [-0.15, -0.1) is 0 Å². The lowest BCUT2D eigenvalue weighted by Crippen LogP contribution is -2.45. The van der Waals surface area contributed by atoms with Crippen molar-refractivity contribution in [2.24, 2.45) is 0 Å². The van der Waals surface area contributed by atoms with Gasteiger partial charge in [-0.25, -0.2) is 0 Å². The maximum Gasteiger partial charge on any atom is 0.243 e. The second-order valence-corrected chi connectivity index (χ2v) is 7.47. The number of carbonyl (C=O) groups is 3. The van der Waals surface area contributed by atoms with Crippen molar-refractivity contribution in [2.75, 3.05) is 18.4 Å². The molecule has 0 spiro atoms. The van der Waals surface area contributed by atoms with Crippen LogP contribution in [0.3, 0.4) is 0 Å². The molecule has 3 amide bonds. The number of aryl methyl sites for hydroxylation is 1. The lowest BCUT2D eigenvalue weighted by molar-refractivity contribution is -0.138. The van der Waals surface area contributed by atoms with Crippen LogP contribution in [0.2, 0.25) is 0 Å². The molecule has 0 unspecified atom stereocenters. The Labute approximate surface area is 169 Å². The molecule has 0 saturated heterocycles. The second-order valence-electron chi connectivity index (χ2n) is 7.47. The van der Waals surface area contributed by atoms with E-state index in [9.17, 15) is 14.4 Å². The maximum absolute atomic E-state index is 12.4. The van der Waals surface area contributed by atoms with Crippen molar-refractivity contribution in [1.29, 1.82) is 0 Å². The van der Waals surface area contributed by atoms with E-state index in [0.717, 1.165) is 24.8 Å². The third kappa shape index (κ3) is 9.53. The van der Waals surface area contributed by atoms with Crippen molar-refractivity contribution >= 4 is 23.4 Å². The summed E-state index contributed by atoms with van der Waals surface area (Å²) in [6.45, 7) is 7.77. The number of hydrogen-bond donors (Lipinski definition) is 2. The number of benzene rings is 1. The first-order valence-electron chi connectivity index (χ1n) is 10.3. The van der Waals surface area contributed by atoms with Gasteiger partial charge in [0.1, 0.15) is 0 Å². The van der Waals surface area contributed by atoms with E-state index in [1.807, 2.05) is 45.0 Å². The fourth-order valence-electron chi connectivity index (χ4n) is 2.81. The Morgan fingerprint density at radius 3 is 2.21 bits per heavy atom. The number of anilines is 1. The molecule has 0 aromatic heterocycles. The van der Waals surface area contributed by atoms with Crippen LogP contribution in [0.15, 0.2) is 24.3 Å². The molecule has 0 radical (unpaired) electrons. The van der Waals surface area contributed by atoms with E-state index in [0.29, 0.717) is 12.1 Å². The number of nitrogens with zero attached hydrogens (tertiary/aromatic N) is 1. The van der Waals surface area contributed by atoms with E-state index < -0.39 is 0 Å². The van der Waals surface area contributed by atoms with Crippen molar-refractivity contribution in [3.05, 3.63) is 29.8 Å². The molecule has 0 aliphatic rings. The van der Waals surface area contributed by atoms with Gasteiger partial charge in [0, 0.05) is 18.2 Å². The molecule has 0 atom stereocenters. The summed E-state index contributed by atoms with van der Waals surface area (Å²) in [7, 11) is 0. The Bertz CT molecular complexity index is 626. The summed E-state index contributed by atoms with van der Waals surface area (Å²) in [5, 5.41) is 5.33. The highest BCUT2D eigenvalue weighted by atomic mass is 16.2. The number of carbonyl (C=O) groups excluding carboxylic acids is 3. The molecule has 6 nitrogen and oxygen atoms in total. The first-order valence-corrected chi connectivity index (χ1v) is 10.3. The van der Waals surface area contributed by atoms with Crippen LogP contribution in [0.1, 0.15) is 64.9 Å². The lowest BCUT2D eigenvalue weighted by Gasteiger charge is -2.26. The van der Waals surface area contributed by atoms with Crippen LogP contribution >= 0.6 is 0 Å². The highest BCUT2D eigenvalue weighted by Crippen LogP contribution is 2.10. The number of hydrogen-bond acceptors (Lipinski definition) is 3. The highest BCUT2D eigenvalue weighted by Gasteiger charge is 2.20. The maximum atomic E-state index is 12.4. The predicted octanol–water partition coefficient (Wildman–Crippen LogP) is 3.65. The van der Waals surface area contributed by atoms with E-state index in [1.165, 1.54) is 12.8 Å². The Morgan fingerprint density at radius 1 is 0.964 bits per heavy atom. The fraction of sp³-hybridized carbons (Fsp3) is 0.591. The quantitative estimate of drug-likeness (QED) is 0.536. The summed E-state index contributed by atoms with van der Waals surface area (Å²) in [6, 6.07) is 7.38. The minimum atomic E-state index is -0.327. The fourth-order valence-corrected chi connectivity index (χ4v) is 2.81. The number of amides is 3. The SMILES string of the molecule is CCCCCCCC(=O)N(CC(=O)NCC(=O)Nc1ccc(C)cc1)C(C)C. The molecule has 0 bridgehead atoms. The van der Waals surface area contributed by atoms with Crippen LogP contribution in [-0.4, -0.2) is 41.8 Å².